The van der Waals surface area contributed by atoms with Gasteiger partial charge in [0.25, 0.3) is 0 Å². The zero-order valence-electron chi connectivity index (χ0n) is 10.5. The van der Waals surface area contributed by atoms with Gasteiger partial charge >= 0.3 is 0 Å². The molecule has 4 nitrogen and oxygen atoms in total. The Bertz CT molecular complexity index is 364. The van der Waals surface area contributed by atoms with Gasteiger partial charge in [0.2, 0.25) is 0 Å². The van der Waals surface area contributed by atoms with Crippen molar-refractivity contribution in [3.8, 4) is 0 Å². The van der Waals surface area contributed by atoms with Crippen LogP contribution < -0.4 is 5.73 Å². The van der Waals surface area contributed by atoms with Crippen molar-refractivity contribution in [2.75, 3.05) is 24.7 Å². The molecule has 1 saturated carbocycles. The van der Waals surface area contributed by atoms with E-state index in [1.165, 1.54) is 12.8 Å². The molecule has 2 atom stereocenters. The van der Waals surface area contributed by atoms with Gasteiger partial charge in [-0.25, -0.2) is 8.42 Å². The number of sulfone groups is 1. The van der Waals surface area contributed by atoms with Crippen LogP contribution in [0.2, 0.25) is 0 Å². The van der Waals surface area contributed by atoms with Gasteiger partial charge in [-0.05, 0) is 31.6 Å². The molecule has 0 aromatic carbocycles. The lowest BCUT2D eigenvalue weighted by atomic mass is 9.76. The average Bonchev–Trinajstić information content (AvgIpc) is 3.08. The van der Waals surface area contributed by atoms with Crippen LogP contribution in [0.25, 0.3) is 0 Å². The van der Waals surface area contributed by atoms with Gasteiger partial charge in [0.1, 0.15) is 9.84 Å². The second-order valence-electron chi connectivity index (χ2n) is 5.43. The monoisotopic (exact) mass is 261 g/mol. The SMILES string of the molecule is CCS(=O)(=O)CCC1(CN)CCOC1C1CC1. The van der Waals surface area contributed by atoms with E-state index in [2.05, 4.69) is 0 Å². The molecule has 100 valence electrons. The normalized spacial score (nSPS) is 34.1. The summed E-state index contributed by atoms with van der Waals surface area (Å²) in [4.78, 5) is 0. The topological polar surface area (TPSA) is 69.4 Å². The van der Waals surface area contributed by atoms with Gasteiger partial charge in [-0.3, -0.25) is 0 Å². The van der Waals surface area contributed by atoms with E-state index in [-0.39, 0.29) is 23.0 Å². The first-order valence-corrected chi connectivity index (χ1v) is 8.37. The van der Waals surface area contributed by atoms with E-state index in [9.17, 15) is 8.42 Å². The lowest BCUT2D eigenvalue weighted by Crippen LogP contribution is -2.41. The summed E-state index contributed by atoms with van der Waals surface area (Å²) in [5, 5.41) is 0. The Morgan fingerprint density at radius 1 is 1.41 bits per heavy atom. The Morgan fingerprint density at radius 2 is 2.12 bits per heavy atom. The van der Waals surface area contributed by atoms with Crippen molar-refractivity contribution in [2.24, 2.45) is 17.1 Å². The summed E-state index contributed by atoms with van der Waals surface area (Å²) >= 11 is 0. The molecule has 1 aliphatic heterocycles. The fourth-order valence-corrected chi connectivity index (χ4v) is 3.84. The largest absolute Gasteiger partial charge is 0.377 e. The Morgan fingerprint density at radius 3 is 2.65 bits per heavy atom. The van der Waals surface area contributed by atoms with E-state index >= 15 is 0 Å². The van der Waals surface area contributed by atoms with Gasteiger partial charge in [-0.15, -0.1) is 0 Å². The number of hydrogen-bond donors (Lipinski definition) is 1. The first-order chi connectivity index (χ1) is 8.03. The van der Waals surface area contributed by atoms with E-state index in [4.69, 9.17) is 10.5 Å². The smallest absolute Gasteiger partial charge is 0.150 e. The molecule has 5 heteroatoms. The summed E-state index contributed by atoms with van der Waals surface area (Å²) in [6.45, 7) is 2.99. The van der Waals surface area contributed by atoms with Crippen molar-refractivity contribution in [3.63, 3.8) is 0 Å². The second-order valence-corrected chi connectivity index (χ2v) is 7.90. The van der Waals surface area contributed by atoms with E-state index in [1.54, 1.807) is 6.92 Å². The highest BCUT2D eigenvalue weighted by molar-refractivity contribution is 7.91. The molecule has 2 unspecified atom stereocenters. The lowest BCUT2D eigenvalue weighted by molar-refractivity contribution is 0.0330. The van der Waals surface area contributed by atoms with Gasteiger partial charge < -0.3 is 10.5 Å². The molecule has 2 fully saturated rings. The minimum Gasteiger partial charge on any atom is -0.377 e. The standard InChI is InChI=1S/C12H23NO3S/c1-2-17(14,15)8-6-12(9-13)5-7-16-11(12)10-3-4-10/h10-11H,2-9,13H2,1H3. The first kappa shape index (κ1) is 13.3. The molecule has 0 spiro atoms. The molecule has 0 aromatic heterocycles. The van der Waals surface area contributed by atoms with Crippen LogP contribution in [0.1, 0.15) is 32.6 Å². The Balaban J connectivity index is 2.03. The Labute approximate surface area is 104 Å². The van der Waals surface area contributed by atoms with Crippen molar-refractivity contribution >= 4 is 9.84 Å². The maximum atomic E-state index is 11.6. The molecular weight excluding hydrogens is 238 g/mol. The van der Waals surface area contributed by atoms with Crippen LogP contribution in [0.15, 0.2) is 0 Å². The Kier molecular flexibility index (Phi) is 3.80. The average molecular weight is 261 g/mol. The summed E-state index contributed by atoms with van der Waals surface area (Å²) < 4.78 is 29.1. The molecule has 17 heavy (non-hydrogen) atoms. The zero-order chi connectivity index (χ0) is 12.5. The number of rotatable bonds is 6. The molecular formula is C12H23NO3S. The summed E-state index contributed by atoms with van der Waals surface area (Å²) in [5.41, 5.74) is 5.84. The maximum Gasteiger partial charge on any atom is 0.150 e. The van der Waals surface area contributed by atoms with Crippen LogP contribution in [0.3, 0.4) is 0 Å². The van der Waals surface area contributed by atoms with E-state index < -0.39 is 9.84 Å². The number of ether oxygens (including phenoxy) is 1. The van der Waals surface area contributed by atoms with Crippen molar-refractivity contribution in [1.82, 2.24) is 0 Å². The highest BCUT2D eigenvalue weighted by Gasteiger charge is 2.50. The van der Waals surface area contributed by atoms with E-state index in [0.717, 1.165) is 13.0 Å². The number of hydrogen-bond acceptors (Lipinski definition) is 4. The van der Waals surface area contributed by atoms with Crippen molar-refractivity contribution in [2.45, 2.75) is 38.7 Å². The minimum absolute atomic E-state index is 0.0800. The quantitative estimate of drug-likeness (QED) is 0.773. The molecule has 1 saturated heterocycles. The molecule has 2 rings (SSSR count). The molecule has 2 N–H and O–H groups in total. The Hall–Kier alpha value is -0.130. The van der Waals surface area contributed by atoms with E-state index in [1.807, 2.05) is 0 Å². The molecule has 2 aliphatic rings. The minimum atomic E-state index is -2.90. The summed E-state index contributed by atoms with van der Waals surface area (Å²) in [7, 11) is -2.90. The number of nitrogens with two attached hydrogens (primary N) is 1. The van der Waals surface area contributed by atoms with Gasteiger partial charge in [0.05, 0.1) is 11.9 Å². The maximum absolute atomic E-state index is 11.6. The highest BCUT2D eigenvalue weighted by atomic mass is 32.2. The van der Waals surface area contributed by atoms with Crippen LogP contribution in [0.4, 0.5) is 0 Å². The molecule has 1 aliphatic carbocycles. The van der Waals surface area contributed by atoms with Gasteiger partial charge in [-0.1, -0.05) is 6.92 Å². The van der Waals surface area contributed by atoms with E-state index in [0.29, 0.717) is 18.9 Å². The summed E-state index contributed by atoms with van der Waals surface area (Å²) in [5.74, 6) is 1.11. The van der Waals surface area contributed by atoms with Crippen LogP contribution in [-0.4, -0.2) is 39.2 Å². The molecule has 0 radical (unpaired) electrons. The summed E-state index contributed by atoms with van der Waals surface area (Å²) in [6, 6.07) is 0. The van der Waals surface area contributed by atoms with Crippen LogP contribution in [0, 0.1) is 11.3 Å². The predicted octanol–water partition coefficient (Wildman–Crippen LogP) is 0.955. The highest BCUT2D eigenvalue weighted by Crippen LogP contribution is 2.49. The zero-order valence-corrected chi connectivity index (χ0v) is 11.3. The third kappa shape index (κ3) is 2.83. The second kappa shape index (κ2) is 4.86. The molecule has 1 heterocycles. The fraction of sp³-hybridized carbons (Fsp3) is 1.00. The van der Waals surface area contributed by atoms with Gasteiger partial charge in [0.15, 0.2) is 0 Å². The molecule has 0 bridgehead atoms. The molecule has 0 amide bonds. The third-order valence-electron chi connectivity index (χ3n) is 4.31. The van der Waals surface area contributed by atoms with Gasteiger partial charge in [0, 0.05) is 24.3 Å². The predicted molar refractivity (Wildman–Crippen MR) is 67.5 cm³/mol. The first-order valence-electron chi connectivity index (χ1n) is 6.55. The summed E-state index contributed by atoms with van der Waals surface area (Å²) in [6.07, 6.45) is 4.23. The third-order valence-corrected chi connectivity index (χ3v) is 6.01. The van der Waals surface area contributed by atoms with Crippen molar-refractivity contribution in [3.05, 3.63) is 0 Å². The molecule has 0 aromatic rings. The fourth-order valence-electron chi connectivity index (χ4n) is 2.83. The lowest BCUT2D eigenvalue weighted by Gasteiger charge is -2.33. The van der Waals surface area contributed by atoms with Crippen LogP contribution in [-0.2, 0) is 14.6 Å². The van der Waals surface area contributed by atoms with Crippen LogP contribution >= 0.6 is 0 Å². The van der Waals surface area contributed by atoms with Gasteiger partial charge in [-0.2, -0.15) is 0 Å². The van der Waals surface area contributed by atoms with Crippen molar-refractivity contribution < 1.29 is 13.2 Å². The van der Waals surface area contributed by atoms with Crippen LogP contribution in [0.5, 0.6) is 0 Å². The van der Waals surface area contributed by atoms with Crippen molar-refractivity contribution in [1.29, 1.82) is 0 Å².